The fourth-order valence-corrected chi connectivity index (χ4v) is 5.71. The van der Waals surface area contributed by atoms with Crippen LogP contribution in [0.3, 0.4) is 0 Å². The van der Waals surface area contributed by atoms with E-state index in [2.05, 4.69) is 11.9 Å². The number of aromatic nitrogens is 1. The number of benzene rings is 2. The van der Waals surface area contributed by atoms with E-state index in [0.717, 1.165) is 30.6 Å². The smallest absolute Gasteiger partial charge is 0.338 e. The monoisotopic (exact) mass is 606 g/mol. The molecule has 2 aromatic carbocycles. The Bertz CT molecular complexity index is 1680. The predicted octanol–water partition coefficient (Wildman–Crippen LogP) is 4.94. The molecule has 0 bridgehead atoms. The summed E-state index contributed by atoms with van der Waals surface area (Å²) in [6, 6.07) is 11.7. The molecule has 0 spiro atoms. The van der Waals surface area contributed by atoms with Crippen LogP contribution in [0.4, 0.5) is 0 Å². The number of carbonyl (C=O) groups is 2. The van der Waals surface area contributed by atoms with Gasteiger partial charge in [-0.1, -0.05) is 63.1 Å². The highest BCUT2D eigenvalue weighted by atomic mass is 32.1. The van der Waals surface area contributed by atoms with Crippen LogP contribution >= 0.6 is 11.3 Å². The molecule has 1 atom stereocenters. The lowest BCUT2D eigenvalue weighted by molar-refractivity contribution is -0.140. The maximum Gasteiger partial charge on any atom is 0.338 e. The van der Waals surface area contributed by atoms with E-state index < -0.39 is 18.0 Å². The van der Waals surface area contributed by atoms with Gasteiger partial charge in [-0.2, -0.15) is 0 Å². The molecule has 1 aromatic heterocycles. The maximum atomic E-state index is 14.0. The average Bonchev–Trinajstić information content (AvgIpc) is 3.27. The van der Waals surface area contributed by atoms with E-state index in [1.165, 1.54) is 29.9 Å². The quantitative estimate of drug-likeness (QED) is 0.163. The number of hydrogen-bond donors (Lipinski definition) is 0. The van der Waals surface area contributed by atoms with Gasteiger partial charge in [0.05, 0.1) is 42.2 Å². The number of fused-ring (bicyclic) bond motifs is 1. The van der Waals surface area contributed by atoms with Gasteiger partial charge in [0, 0.05) is 6.92 Å². The normalized spacial score (nSPS) is 14.8. The lowest BCUT2D eigenvalue weighted by Gasteiger charge is -2.25. The van der Waals surface area contributed by atoms with Crippen LogP contribution in [0.25, 0.3) is 6.08 Å². The number of unbranched alkanes of at least 4 members (excludes halogenated alkanes) is 2. The van der Waals surface area contributed by atoms with Gasteiger partial charge in [-0.25, -0.2) is 9.79 Å². The fraction of sp³-hybridized carbons (Fsp3) is 0.394. The van der Waals surface area contributed by atoms with Gasteiger partial charge in [-0.15, -0.1) is 0 Å². The summed E-state index contributed by atoms with van der Waals surface area (Å²) >= 11 is 1.25. The Morgan fingerprint density at radius 2 is 1.84 bits per heavy atom. The minimum atomic E-state index is -0.836. The van der Waals surface area contributed by atoms with E-state index in [9.17, 15) is 14.4 Å². The van der Waals surface area contributed by atoms with E-state index in [0.29, 0.717) is 27.2 Å². The van der Waals surface area contributed by atoms with Crippen molar-refractivity contribution in [2.75, 3.05) is 20.3 Å². The first-order valence-electron chi connectivity index (χ1n) is 14.4. The van der Waals surface area contributed by atoms with E-state index in [1.54, 1.807) is 25.1 Å². The van der Waals surface area contributed by atoms with Crippen LogP contribution in [-0.4, -0.2) is 36.8 Å². The van der Waals surface area contributed by atoms with Crippen molar-refractivity contribution in [2.45, 2.75) is 59.9 Å². The van der Waals surface area contributed by atoms with Gasteiger partial charge in [-0.3, -0.25) is 14.2 Å². The summed E-state index contributed by atoms with van der Waals surface area (Å²) in [5.74, 6) is 0.377. The number of rotatable bonds is 12. The van der Waals surface area contributed by atoms with Crippen molar-refractivity contribution in [1.82, 2.24) is 4.57 Å². The van der Waals surface area contributed by atoms with Gasteiger partial charge in [0.1, 0.15) is 5.75 Å². The molecule has 10 heteroatoms. The van der Waals surface area contributed by atoms with Gasteiger partial charge in [0.15, 0.2) is 16.3 Å². The molecular formula is C33H38N2O7S. The lowest BCUT2D eigenvalue weighted by atomic mass is 9.95. The second kappa shape index (κ2) is 14.3. The molecule has 1 aliphatic heterocycles. The molecule has 0 saturated carbocycles. The van der Waals surface area contributed by atoms with Crippen molar-refractivity contribution in [2.24, 2.45) is 10.9 Å². The second-order valence-corrected chi connectivity index (χ2v) is 11.7. The summed E-state index contributed by atoms with van der Waals surface area (Å²) in [4.78, 5) is 44.1. The number of esters is 2. The van der Waals surface area contributed by atoms with Crippen LogP contribution in [0.15, 0.2) is 63.5 Å². The zero-order valence-corrected chi connectivity index (χ0v) is 26.3. The van der Waals surface area contributed by atoms with Crippen molar-refractivity contribution >= 4 is 29.4 Å². The second-order valence-electron chi connectivity index (χ2n) is 10.7. The van der Waals surface area contributed by atoms with E-state index in [1.807, 2.05) is 44.2 Å². The van der Waals surface area contributed by atoms with Crippen molar-refractivity contribution in [3.8, 4) is 17.2 Å². The van der Waals surface area contributed by atoms with Crippen LogP contribution in [0, 0.1) is 5.92 Å². The van der Waals surface area contributed by atoms with Gasteiger partial charge in [-0.05, 0) is 60.7 Å². The Balaban J connectivity index is 1.79. The molecule has 228 valence electrons. The predicted molar refractivity (Wildman–Crippen MR) is 165 cm³/mol. The molecule has 9 nitrogen and oxygen atoms in total. The molecule has 4 rings (SSSR count). The van der Waals surface area contributed by atoms with Crippen molar-refractivity contribution < 1.29 is 28.5 Å². The third-order valence-electron chi connectivity index (χ3n) is 6.74. The number of nitrogens with zero attached hydrogens (tertiary/aromatic N) is 2. The third-order valence-corrected chi connectivity index (χ3v) is 7.72. The van der Waals surface area contributed by atoms with Gasteiger partial charge >= 0.3 is 11.9 Å². The molecule has 0 fully saturated rings. The summed E-state index contributed by atoms with van der Waals surface area (Å²) in [6.45, 7) is 9.97. The molecule has 0 radical (unpaired) electrons. The van der Waals surface area contributed by atoms with Crippen LogP contribution in [0.2, 0.25) is 0 Å². The molecule has 1 aliphatic rings. The molecule has 3 aromatic rings. The van der Waals surface area contributed by atoms with Gasteiger partial charge < -0.3 is 18.9 Å². The molecule has 2 heterocycles. The van der Waals surface area contributed by atoms with Crippen molar-refractivity contribution in [3.63, 3.8) is 0 Å². The summed E-state index contributed by atoms with van der Waals surface area (Å²) in [5.41, 5.74) is 1.84. The Hall–Kier alpha value is -4.18. The summed E-state index contributed by atoms with van der Waals surface area (Å²) < 4.78 is 24.2. The molecular weight excluding hydrogens is 568 g/mol. The van der Waals surface area contributed by atoms with E-state index in [-0.39, 0.29) is 35.2 Å². The zero-order valence-electron chi connectivity index (χ0n) is 25.5. The first-order valence-corrected chi connectivity index (χ1v) is 15.2. The minimum Gasteiger partial charge on any atom is -0.494 e. The Morgan fingerprint density at radius 1 is 1.09 bits per heavy atom. The third kappa shape index (κ3) is 7.62. The zero-order chi connectivity index (χ0) is 31.1. The number of carbonyl (C=O) groups excluding carboxylic acids is 2. The largest absolute Gasteiger partial charge is 0.494 e. The lowest BCUT2D eigenvalue weighted by Crippen LogP contribution is -2.40. The fourth-order valence-electron chi connectivity index (χ4n) is 4.67. The van der Waals surface area contributed by atoms with Gasteiger partial charge in [0.2, 0.25) is 0 Å². The molecule has 0 aliphatic carbocycles. The summed E-state index contributed by atoms with van der Waals surface area (Å²) in [5, 5.41) is 0. The minimum absolute atomic E-state index is 0.126. The maximum absolute atomic E-state index is 14.0. The summed E-state index contributed by atoms with van der Waals surface area (Å²) in [7, 11) is 1.46. The highest BCUT2D eigenvalue weighted by molar-refractivity contribution is 7.07. The molecule has 43 heavy (non-hydrogen) atoms. The number of allylic oxidation sites excluding steroid dienone is 1. The first kappa shape index (κ1) is 31.7. The Labute approximate surface area is 255 Å². The number of ether oxygens (including phenoxy) is 4. The average molecular weight is 607 g/mol. The topological polar surface area (TPSA) is 105 Å². The first-order chi connectivity index (χ1) is 20.6. The SMILES string of the molecule is CCCCCOc1ccc(C=c2sc3n(c2=O)C(c2ccc(OC(C)=O)c(OC)c2)C(C(=O)OCC(C)C)=C(C)N=3)cc1. The van der Waals surface area contributed by atoms with Crippen LogP contribution in [0.1, 0.15) is 71.0 Å². The molecule has 1 unspecified atom stereocenters. The van der Waals surface area contributed by atoms with Crippen LogP contribution < -0.4 is 29.1 Å². The van der Waals surface area contributed by atoms with E-state index >= 15 is 0 Å². The molecule has 0 saturated heterocycles. The standard InChI is InChI=1S/C33H38N2O7S/c1-7-8-9-16-40-25-13-10-23(11-14-25)17-28-31(37)35-30(24-12-15-26(42-22(5)36)27(18-24)39-6)29(21(4)34-33(35)43-28)32(38)41-19-20(2)3/h10-15,17-18,20,30H,7-9,16,19H2,1-6H3. The number of methoxy groups -OCH3 is 1. The Morgan fingerprint density at radius 3 is 2.49 bits per heavy atom. The molecule has 0 N–H and O–H groups in total. The van der Waals surface area contributed by atoms with Crippen molar-refractivity contribution in [1.29, 1.82) is 0 Å². The number of thiazole rings is 1. The highest BCUT2D eigenvalue weighted by Crippen LogP contribution is 2.36. The molecule has 0 amide bonds. The van der Waals surface area contributed by atoms with Crippen LogP contribution in [0.5, 0.6) is 17.2 Å². The number of hydrogen-bond acceptors (Lipinski definition) is 9. The van der Waals surface area contributed by atoms with Crippen molar-refractivity contribution in [3.05, 3.63) is 84.5 Å². The summed E-state index contributed by atoms with van der Waals surface area (Å²) in [6.07, 6.45) is 5.07. The van der Waals surface area contributed by atoms with E-state index in [4.69, 9.17) is 18.9 Å². The highest BCUT2D eigenvalue weighted by Gasteiger charge is 2.34. The van der Waals surface area contributed by atoms with Crippen LogP contribution in [-0.2, 0) is 14.3 Å². The Kier molecular flexibility index (Phi) is 10.6. The van der Waals surface area contributed by atoms with Gasteiger partial charge in [0.25, 0.3) is 5.56 Å².